The van der Waals surface area contributed by atoms with Crippen LogP contribution in [0.15, 0.2) is 23.6 Å². The van der Waals surface area contributed by atoms with Crippen LogP contribution in [0.25, 0.3) is 0 Å². The first-order valence-electron chi connectivity index (χ1n) is 17.1. The van der Waals surface area contributed by atoms with Crippen LogP contribution in [0.1, 0.15) is 47.3 Å². The average molecular weight is 745 g/mol. The Hall–Kier alpha value is -3.77. The standard InChI is InChI=1S/C33H42F6N8O3S/c1-43-11-13-44(14-12-43)21-2-7-45(8-3-21)29(48)26(18-20-16-23(32(34,35)36)28(40)24(17-20)33(37,38)39)42-30(49)46-9-4-22(5-10-46)47-19-27-25(6-15-51-27)41-31(47)50/h6,15-17,21-22,26H,2-5,7-14,18-19,40H2,1H3,(H,41,50)(H,42,49)/t26-/m1/s1. The highest BCUT2D eigenvalue weighted by Crippen LogP contribution is 2.42. The maximum atomic E-state index is 14.0. The van der Waals surface area contributed by atoms with Crippen molar-refractivity contribution in [2.75, 3.05) is 70.5 Å². The van der Waals surface area contributed by atoms with Crippen molar-refractivity contribution in [3.05, 3.63) is 45.1 Å². The van der Waals surface area contributed by atoms with Gasteiger partial charge in [0.05, 0.1) is 29.0 Å². The minimum absolute atomic E-state index is 0.153. The minimum Gasteiger partial charge on any atom is -0.398 e. The zero-order chi connectivity index (χ0) is 36.7. The van der Waals surface area contributed by atoms with Crippen molar-refractivity contribution >= 4 is 40.7 Å². The molecule has 3 saturated heterocycles. The van der Waals surface area contributed by atoms with Gasteiger partial charge in [-0.15, -0.1) is 11.3 Å². The van der Waals surface area contributed by atoms with Crippen molar-refractivity contribution in [3.63, 3.8) is 0 Å². The average Bonchev–Trinajstić information content (AvgIpc) is 3.54. The van der Waals surface area contributed by atoms with E-state index in [1.807, 2.05) is 11.4 Å². The Kier molecular flexibility index (Phi) is 10.7. The van der Waals surface area contributed by atoms with Gasteiger partial charge in [0.1, 0.15) is 6.04 Å². The second-order valence-corrected chi connectivity index (χ2v) is 14.7. The highest BCUT2D eigenvalue weighted by molar-refractivity contribution is 7.10. The molecule has 1 atom stereocenters. The zero-order valence-electron chi connectivity index (χ0n) is 28.2. The molecule has 6 rings (SSSR count). The second-order valence-electron chi connectivity index (χ2n) is 13.7. The Bertz CT molecular complexity index is 1560. The van der Waals surface area contributed by atoms with Crippen LogP contribution in [-0.4, -0.2) is 120 Å². The number of piperidine rings is 2. The molecule has 0 saturated carbocycles. The Balaban J connectivity index is 1.17. The van der Waals surface area contributed by atoms with E-state index in [9.17, 15) is 40.7 Å². The molecule has 5 heterocycles. The van der Waals surface area contributed by atoms with E-state index in [4.69, 9.17) is 5.73 Å². The Morgan fingerprint density at radius 3 is 2.06 bits per heavy atom. The summed E-state index contributed by atoms with van der Waals surface area (Å²) in [6.45, 7) is 5.20. The van der Waals surface area contributed by atoms with E-state index in [0.717, 1.165) is 36.7 Å². The van der Waals surface area contributed by atoms with Crippen LogP contribution < -0.4 is 16.4 Å². The molecule has 0 spiro atoms. The molecular formula is C33H42F6N8O3S. The van der Waals surface area contributed by atoms with E-state index in [1.165, 1.54) is 21.1 Å². The molecule has 1 aromatic carbocycles. The number of nitrogens with one attached hydrogen (secondary N) is 2. The van der Waals surface area contributed by atoms with Gasteiger partial charge in [-0.3, -0.25) is 9.69 Å². The van der Waals surface area contributed by atoms with E-state index in [2.05, 4.69) is 27.5 Å². The van der Waals surface area contributed by atoms with E-state index < -0.39 is 59.1 Å². The summed E-state index contributed by atoms with van der Waals surface area (Å²) in [5.41, 5.74) is 0.946. The lowest BCUT2D eigenvalue weighted by atomic mass is 9.96. The predicted molar refractivity (Wildman–Crippen MR) is 179 cm³/mol. The van der Waals surface area contributed by atoms with Crippen molar-refractivity contribution in [2.45, 2.75) is 69.1 Å². The Morgan fingerprint density at radius 2 is 1.47 bits per heavy atom. The van der Waals surface area contributed by atoms with E-state index in [-0.39, 0.29) is 31.2 Å². The maximum Gasteiger partial charge on any atom is 0.418 e. The number of nitrogens with zero attached hydrogens (tertiary/aromatic N) is 5. The monoisotopic (exact) mass is 744 g/mol. The lowest BCUT2D eigenvalue weighted by Crippen LogP contribution is -2.58. The van der Waals surface area contributed by atoms with Crippen LogP contribution >= 0.6 is 11.3 Å². The highest BCUT2D eigenvalue weighted by atomic mass is 32.1. The highest BCUT2D eigenvalue weighted by Gasteiger charge is 2.42. The van der Waals surface area contributed by atoms with Gasteiger partial charge in [0, 0.05) is 75.7 Å². The molecule has 0 bridgehead atoms. The van der Waals surface area contributed by atoms with Crippen LogP contribution in [0.4, 0.5) is 47.3 Å². The quantitative estimate of drug-likeness (QED) is 0.291. The molecule has 4 aliphatic heterocycles. The summed E-state index contributed by atoms with van der Waals surface area (Å²) in [6.07, 6.45) is -8.78. The third-order valence-electron chi connectivity index (χ3n) is 10.5. The van der Waals surface area contributed by atoms with Crippen molar-refractivity contribution in [2.24, 2.45) is 0 Å². The van der Waals surface area contributed by atoms with E-state index >= 15 is 0 Å². The Morgan fingerprint density at radius 1 is 0.902 bits per heavy atom. The molecule has 4 N–H and O–H groups in total. The van der Waals surface area contributed by atoms with Gasteiger partial charge < -0.3 is 36.0 Å². The van der Waals surface area contributed by atoms with Gasteiger partial charge in [0.25, 0.3) is 0 Å². The predicted octanol–water partition coefficient (Wildman–Crippen LogP) is 4.74. The normalized spacial score (nSPS) is 21.0. The molecule has 11 nitrogen and oxygen atoms in total. The number of carbonyl (C=O) groups excluding carboxylic acids is 3. The lowest BCUT2D eigenvalue weighted by Gasteiger charge is -2.43. The fourth-order valence-corrected chi connectivity index (χ4v) is 8.33. The van der Waals surface area contributed by atoms with Gasteiger partial charge in [0.15, 0.2) is 0 Å². The summed E-state index contributed by atoms with van der Waals surface area (Å²) in [5, 5.41) is 7.42. The fourth-order valence-electron chi connectivity index (χ4n) is 7.50. The van der Waals surface area contributed by atoms with Crippen LogP contribution in [0.3, 0.4) is 0 Å². The van der Waals surface area contributed by atoms with Gasteiger partial charge in [-0.05, 0) is 61.9 Å². The molecule has 0 aliphatic carbocycles. The van der Waals surface area contributed by atoms with Crippen LogP contribution in [0.5, 0.6) is 0 Å². The topological polar surface area (TPSA) is 117 Å². The number of likely N-dealkylation sites (tertiary alicyclic amines) is 2. The van der Waals surface area contributed by atoms with Crippen LogP contribution in [0, 0.1) is 0 Å². The molecule has 18 heteroatoms. The first kappa shape index (κ1) is 37.0. The van der Waals surface area contributed by atoms with Gasteiger partial charge in [0.2, 0.25) is 5.91 Å². The number of halogens is 6. The smallest absolute Gasteiger partial charge is 0.398 e. The summed E-state index contributed by atoms with van der Waals surface area (Å²) in [5.74, 6) is -0.578. The van der Waals surface area contributed by atoms with Gasteiger partial charge in [-0.1, -0.05) is 0 Å². The number of piperazine rings is 1. The number of carbonyl (C=O) groups is 3. The van der Waals surface area contributed by atoms with Crippen molar-refractivity contribution in [1.29, 1.82) is 0 Å². The number of hydrogen-bond donors (Lipinski definition) is 3. The number of benzene rings is 1. The number of anilines is 2. The second kappa shape index (κ2) is 14.7. The van der Waals surface area contributed by atoms with E-state index in [1.54, 1.807) is 4.90 Å². The number of alkyl halides is 6. The van der Waals surface area contributed by atoms with E-state index in [0.29, 0.717) is 57.5 Å². The number of amides is 5. The molecule has 4 aliphatic rings. The number of hydrogen-bond acceptors (Lipinski definition) is 7. The van der Waals surface area contributed by atoms with Crippen molar-refractivity contribution < 1.29 is 40.7 Å². The number of nitrogens with two attached hydrogens (primary N) is 1. The first-order chi connectivity index (χ1) is 24.1. The molecule has 280 valence electrons. The maximum absolute atomic E-state index is 14.0. The first-order valence-corrected chi connectivity index (χ1v) is 17.9. The molecule has 0 unspecified atom stereocenters. The molecule has 3 fully saturated rings. The number of likely N-dealkylation sites (N-methyl/N-ethyl adjacent to an activating group) is 1. The number of urea groups is 2. The zero-order valence-corrected chi connectivity index (χ0v) is 29.0. The molecular weight excluding hydrogens is 702 g/mol. The summed E-state index contributed by atoms with van der Waals surface area (Å²) >= 11 is 1.53. The lowest BCUT2D eigenvalue weighted by molar-refractivity contribution is -0.141. The number of fused-ring (bicyclic) bond motifs is 1. The third kappa shape index (κ3) is 8.32. The van der Waals surface area contributed by atoms with Gasteiger partial charge in [-0.2, -0.15) is 26.3 Å². The molecule has 2 aromatic rings. The summed E-state index contributed by atoms with van der Waals surface area (Å²) in [6, 6.07) is 0.636. The molecule has 1 aromatic heterocycles. The largest absolute Gasteiger partial charge is 0.418 e. The Labute approximate surface area is 295 Å². The summed E-state index contributed by atoms with van der Waals surface area (Å²) < 4.78 is 83.2. The van der Waals surface area contributed by atoms with Crippen LogP contribution in [-0.2, 0) is 30.1 Å². The van der Waals surface area contributed by atoms with Gasteiger partial charge in [-0.25, -0.2) is 9.59 Å². The SMILES string of the molecule is CN1CCN(C2CCN(C(=O)[C@@H](Cc3cc(C(F)(F)F)c(N)c(C(F)(F)F)c3)NC(=O)N3CCC(N4Cc5sccc5NC4=O)CC3)CC2)CC1. The number of rotatable bonds is 6. The third-order valence-corrected chi connectivity index (χ3v) is 11.4. The van der Waals surface area contributed by atoms with Crippen LogP contribution in [0.2, 0.25) is 0 Å². The minimum atomic E-state index is -5.19. The summed E-state index contributed by atoms with van der Waals surface area (Å²) in [4.78, 5) is 50.7. The number of thiophene rings is 1. The molecule has 51 heavy (non-hydrogen) atoms. The fraction of sp³-hybridized carbons (Fsp3) is 0.606. The van der Waals surface area contributed by atoms with Crippen molar-refractivity contribution in [1.82, 2.24) is 29.8 Å². The summed E-state index contributed by atoms with van der Waals surface area (Å²) in [7, 11) is 2.05. The van der Waals surface area contributed by atoms with Crippen molar-refractivity contribution in [3.8, 4) is 0 Å². The molecule has 5 amide bonds. The number of nitrogen functional groups attached to an aromatic ring is 1. The molecule has 0 radical (unpaired) electrons. The van der Waals surface area contributed by atoms with Gasteiger partial charge >= 0.3 is 24.4 Å².